The zero-order valence-electron chi connectivity index (χ0n) is 24.1. The van der Waals surface area contributed by atoms with Crippen molar-refractivity contribution in [2.24, 2.45) is 0 Å². The molecule has 0 bridgehead atoms. The molecule has 45 heavy (non-hydrogen) atoms. The zero-order chi connectivity index (χ0) is 33.2. The predicted octanol–water partition coefficient (Wildman–Crippen LogP) is 2.35. The van der Waals surface area contributed by atoms with Crippen LogP contribution in [-0.4, -0.2) is 81.7 Å². The molecule has 0 aromatic heterocycles. The van der Waals surface area contributed by atoms with Crippen LogP contribution >= 0.6 is 0 Å². The molecule has 3 unspecified atom stereocenters. The number of Topliss-reactive ketones (excluding diaryl/α,β-unsaturated/α-hetero) is 2. The van der Waals surface area contributed by atoms with Gasteiger partial charge in [-0.1, -0.05) is 12.1 Å². The Morgan fingerprint density at radius 3 is 2.36 bits per heavy atom. The number of ketones is 4. The van der Waals surface area contributed by atoms with Crippen molar-refractivity contribution in [3.8, 4) is 17.2 Å². The lowest BCUT2D eigenvalue weighted by atomic mass is 9.72. The minimum absolute atomic E-state index is 0.0179. The maximum absolute atomic E-state index is 13.7. The number of carbonyl (C=O) groups is 5. The molecule has 4 N–H and O–H groups in total. The van der Waals surface area contributed by atoms with Crippen molar-refractivity contribution in [2.75, 3.05) is 7.11 Å². The summed E-state index contributed by atoms with van der Waals surface area (Å²) < 4.78 is 55.8. The number of ether oxygens (including phenoxy) is 3. The number of phenolic OH excluding ortho intramolecular Hbond substituents is 2. The van der Waals surface area contributed by atoms with Crippen LogP contribution in [0.4, 0.5) is 13.2 Å². The molecule has 0 saturated carbocycles. The van der Waals surface area contributed by atoms with E-state index in [2.05, 4.69) is 0 Å². The maximum Gasteiger partial charge on any atom is 0.471 e. The summed E-state index contributed by atoms with van der Waals surface area (Å²) in [4.78, 5) is 64.2. The number of rotatable bonds is 5. The van der Waals surface area contributed by atoms with Gasteiger partial charge in [0, 0.05) is 42.4 Å². The Morgan fingerprint density at radius 2 is 1.73 bits per heavy atom. The Labute approximate surface area is 253 Å². The summed E-state index contributed by atoms with van der Waals surface area (Å²) in [5, 5.41) is 35.9. The smallest absolute Gasteiger partial charge is 0.471 e. The molecule has 5 atom stereocenters. The molecule has 15 heteroatoms. The minimum Gasteiger partial charge on any atom is -0.507 e. The molecule has 3 aliphatic rings. The average molecular weight is 636 g/mol. The molecule has 5 rings (SSSR count). The van der Waals surface area contributed by atoms with E-state index in [9.17, 15) is 52.5 Å². The highest BCUT2D eigenvalue weighted by Gasteiger charge is 2.49. The summed E-state index contributed by atoms with van der Waals surface area (Å²) in [5.41, 5.74) is -4.24. The van der Waals surface area contributed by atoms with E-state index in [0.29, 0.717) is 0 Å². The first-order valence-corrected chi connectivity index (χ1v) is 13.8. The van der Waals surface area contributed by atoms with Crippen LogP contribution in [0.2, 0.25) is 0 Å². The van der Waals surface area contributed by atoms with E-state index in [1.54, 1.807) is 5.32 Å². The standard InChI is InChI=1S/C30H28F3NO11/c1-11-7-16(36)15(34-28(41)30(31,32)33)8-19(44-11)45-18-10-29(42,12(2)35)9-14-21(18)27(40)23-22(25(14)38)24(37)13-5-4-6-17(43-3)20(13)26(23)39/h4-6,11,15,18-19,38,40,42H,7-10H2,1-3H3,(H,34,41)/t11?,15?,18-,19?,29-/m0/s1. The van der Waals surface area contributed by atoms with Crippen molar-refractivity contribution in [1.82, 2.24) is 5.32 Å². The number of carbonyl (C=O) groups excluding carboxylic acids is 5. The first-order chi connectivity index (χ1) is 21.0. The minimum atomic E-state index is -5.29. The number of fused-ring (bicyclic) bond motifs is 3. The van der Waals surface area contributed by atoms with E-state index in [1.165, 1.54) is 32.2 Å². The monoisotopic (exact) mass is 635 g/mol. The molecule has 1 amide bonds. The van der Waals surface area contributed by atoms with Gasteiger partial charge in [-0.15, -0.1) is 0 Å². The molecule has 0 radical (unpaired) electrons. The lowest BCUT2D eigenvalue weighted by molar-refractivity contribution is -0.205. The number of methoxy groups -OCH3 is 1. The second-order valence-electron chi connectivity index (χ2n) is 11.3. The lowest BCUT2D eigenvalue weighted by Crippen LogP contribution is -2.48. The molecule has 2 aromatic carbocycles. The van der Waals surface area contributed by atoms with Gasteiger partial charge in [0.05, 0.1) is 42.0 Å². The Balaban J connectivity index is 1.62. The normalized spacial score (nSPS) is 26.3. The van der Waals surface area contributed by atoms with Gasteiger partial charge in [-0.3, -0.25) is 24.0 Å². The van der Waals surface area contributed by atoms with Gasteiger partial charge < -0.3 is 34.8 Å². The number of hydrogen-bond donors (Lipinski definition) is 4. The van der Waals surface area contributed by atoms with Crippen molar-refractivity contribution in [3.05, 3.63) is 51.6 Å². The summed E-state index contributed by atoms with van der Waals surface area (Å²) in [5.74, 6) is -7.22. The van der Waals surface area contributed by atoms with E-state index in [4.69, 9.17) is 14.2 Å². The predicted molar refractivity (Wildman–Crippen MR) is 144 cm³/mol. The number of phenols is 2. The van der Waals surface area contributed by atoms with Gasteiger partial charge in [-0.05, 0) is 19.9 Å². The molecule has 1 fully saturated rings. The number of alkyl halides is 3. The van der Waals surface area contributed by atoms with Gasteiger partial charge >= 0.3 is 12.1 Å². The third kappa shape index (κ3) is 5.44. The number of amides is 1. The first-order valence-electron chi connectivity index (χ1n) is 13.8. The van der Waals surface area contributed by atoms with Gasteiger partial charge in [0.25, 0.3) is 0 Å². The Morgan fingerprint density at radius 1 is 1.07 bits per heavy atom. The Bertz CT molecular complexity index is 1650. The fourth-order valence-electron chi connectivity index (χ4n) is 6.07. The largest absolute Gasteiger partial charge is 0.507 e. The van der Waals surface area contributed by atoms with Crippen LogP contribution < -0.4 is 10.1 Å². The quantitative estimate of drug-likeness (QED) is 0.302. The van der Waals surface area contributed by atoms with Crippen molar-refractivity contribution in [2.45, 2.75) is 75.8 Å². The molecule has 1 aliphatic heterocycles. The fourth-order valence-corrected chi connectivity index (χ4v) is 6.07. The summed E-state index contributed by atoms with van der Waals surface area (Å²) in [7, 11) is 1.27. The van der Waals surface area contributed by atoms with E-state index >= 15 is 0 Å². The van der Waals surface area contributed by atoms with Crippen LogP contribution in [0, 0.1) is 0 Å². The van der Waals surface area contributed by atoms with Crippen LogP contribution in [0.1, 0.15) is 82.2 Å². The number of aliphatic hydroxyl groups is 1. The van der Waals surface area contributed by atoms with Gasteiger partial charge in [0.15, 0.2) is 23.6 Å². The number of benzene rings is 2. The van der Waals surface area contributed by atoms with E-state index < -0.39 is 114 Å². The highest BCUT2D eigenvalue weighted by atomic mass is 19.4. The molecule has 1 saturated heterocycles. The van der Waals surface area contributed by atoms with Crippen molar-refractivity contribution < 1.29 is 66.7 Å². The third-order valence-electron chi connectivity index (χ3n) is 8.30. The summed E-state index contributed by atoms with van der Waals surface area (Å²) in [6, 6.07) is 2.50. The van der Waals surface area contributed by atoms with Crippen LogP contribution in [-0.2, 0) is 30.3 Å². The Hall–Kier alpha value is -4.34. The maximum atomic E-state index is 13.7. The molecule has 2 aromatic rings. The van der Waals surface area contributed by atoms with Crippen LogP contribution in [0.25, 0.3) is 0 Å². The van der Waals surface area contributed by atoms with Gasteiger partial charge in [-0.25, -0.2) is 0 Å². The number of nitrogens with one attached hydrogen (secondary N) is 1. The fraction of sp³-hybridized carbons (Fsp3) is 0.433. The summed E-state index contributed by atoms with van der Waals surface area (Å²) in [6.07, 6.45) is -11.5. The van der Waals surface area contributed by atoms with E-state index in [0.717, 1.165) is 6.92 Å². The lowest BCUT2D eigenvalue weighted by Gasteiger charge is -2.39. The second-order valence-corrected chi connectivity index (χ2v) is 11.3. The van der Waals surface area contributed by atoms with E-state index in [1.807, 2.05) is 0 Å². The summed E-state index contributed by atoms with van der Waals surface area (Å²) in [6.45, 7) is 2.48. The van der Waals surface area contributed by atoms with Crippen LogP contribution in [0.15, 0.2) is 18.2 Å². The molecule has 12 nitrogen and oxygen atoms in total. The second kappa shape index (κ2) is 11.2. The molecule has 2 aliphatic carbocycles. The van der Waals surface area contributed by atoms with Gasteiger partial charge in [0.1, 0.15) is 22.8 Å². The molecule has 1 heterocycles. The van der Waals surface area contributed by atoms with Gasteiger partial charge in [-0.2, -0.15) is 13.2 Å². The number of halogens is 3. The molecule has 240 valence electrons. The highest BCUT2D eigenvalue weighted by Crippen LogP contribution is 2.52. The van der Waals surface area contributed by atoms with E-state index in [-0.39, 0.29) is 28.0 Å². The molecular formula is C30H28F3NO11. The summed E-state index contributed by atoms with van der Waals surface area (Å²) >= 11 is 0. The van der Waals surface area contributed by atoms with Crippen molar-refractivity contribution in [1.29, 1.82) is 0 Å². The topological polar surface area (TPSA) is 186 Å². The Kier molecular flexibility index (Phi) is 8.00. The molecule has 0 spiro atoms. The number of aromatic hydroxyl groups is 2. The molecular weight excluding hydrogens is 607 g/mol. The highest BCUT2D eigenvalue weighted by molar-refractivity contribution is 6.31. The first kappa shape index (κ1) is 32.1. The third-order valence-corrected chi connectivity index (χ3v) is 8.30. The number of hydrogen-bond acceptors (Lipinski definition) is 11. The van der Waals surface area contributed by atoms with Crippen molar-refractivity contribution in [3.63, 3.8) is 0 Å². The van der Waals surface area contributed by atoms with Crippen LogP contribution in [0.3, 0.4) is 0 Å². The average Bonchev–Trinajstić information content (AvgIpc) is 3.08. The zero-order valence-corrected chi connectivity index (χ0v) is 24.1. The van der Waals surface area contributed by atoms with Crippen molar-refractivity contribution >= 4 is 29.0 Å². The van der Waals surface area contributed by atoms with Crippen LogP contribution in [0.5, 0.6) is 17.2 Å². The SMILES string of the molecule is COc1cccc2c1C(=O)c1c(O)c3c(c(O)c1C2=O)C[C@@](O)(C(C)=O)C[C@@H]3OC1CC(NC(=O)C(F)(F)F)C(=O)CC(C)O1. The van der Waals surface area contributed by atoms with Gasteiger partial charge in [0.2, 0.25) is 5.78 Å².